The van der Waals surface area contributed by atoms with E-state index in [-0.39, 0.29) is 12.7 Å². The van der Waals surface area contributed by atoms with E-state index in [0.717, 1.165) is 28.8 Å². The average molecular weight is 318 g/mol. The fourth-order valence-corrected chi connectivity index (χ4v) is 2.04. The minimum absolute atomic E-state index is 0.235. The van der Waals surface area contributed by atoms with Gasteiger partial charge < -0.3 is 10.1 Å². The monoisotopic (exact) mass is 317 g/mol. The number of halogens is 2. The second-order valence-corrected chi connectivity index (χ2v) is 5.16. The van der Waals surface area contributed by atoms with E-state index in [1.165, 1.54) is 0 Å². The van der Waals surface area contributed by atoms with Gasteiger partial charge >= 0.3 is 0 Å². The molecule has 0 fully saturated rings. The van der Waals surface area contributed by atoms with Crippen molar-refractivity contribution in [1.29, 1.82) is 0 Å². The van der Waals surface area contributed by atoms with Crippen molar-refractivity contribution in [2.24, 2.45) is 0 Å². The highest BCUT2D eigenvalue weighted by Crippen LogP contribution is 2.28. The number of benzene rings is 1. The quantitative estimate of drug-likeness (QED) is 0.724. The lowest BCUT2D eigenvalue weighted by Gasteiger charge is -2.18. The Hall–Kier alpha value is -0.610. The minimum atomic E-state index is -0.340. The Morgan fingerprint density at radius 1 is 1.44 bits per heavy atom. The predicted octanol–water partition coefficient (Wildman–Crippen LogP) is 4.25. The molecule has 1 atom stereocenters. The van der Waals surface area contributed by atoms with E-state index in [4.69, 9.17) is 4.74 Å². The topological polar surface area (TPSA) is 21.3 Å². The largest absolute Gasteiger partial charge is 0.493 e. The smallest absolute Gasteiger partial charge is 0.125 e. The van der Waals surface area contributed by atoms with Gasteiger partial charge in [-0.15, -0.1) is 0 Å². The zero-order chi connectivity index (χ0) is 13.4. The summed E-state index contributed by atoms with van der Waals surface area (Å²) in [7, 11) is 0. The predicted molar refractivity (Wildman–Crippen MR) is 76.9 cm³/mol. The van der Waals surface area contributed by atoms with Crippen LogP contribution in [0.1, 0.15) is 38.3 Å². The Kier molecular flexibility index (Phi) is 7.28. The number of alkyl halides is 1. The number of hydrogen-bond donors (Lipinski definition) is 1. The van der Waals surface area contributed by atoms with Crippen molar-refractivity contribution < 1.29 is 9.13 Å². The van der Waals surface area contributed by atoms with Crippen molar-refractivity contribution in [3.63, 3.8) is 0 Å². The Labute approximate surface area is 117 Å². The SMILES string of the molecule is CCCNC(C)c1ccc(Br)cc1OCCCF. The maximum absolute atomic E-state index is 12.1. The van der Waals surface area contributed by atoms with Crippen LogP contribution in [-0.2, 0) is 0 Å². The van der Waals surface area contributed by atoms with Crippen LogP contribution in [-0.4, -0.2) is 19.8 Å². The first-order valence-corrected chi connectivity index (χ1v) is 7.20. The molecule has 0 aliphatic rings. The highest BCUT2D eigenvalue weighted by Gasteiger charge is 2.11. The summed E-state index contributed by atoms with van der Waals surface area (Å²) in [6.45, 7) is 5.30. The third-order valence-corrected chi connectivity index (χ3v) is 3.17. The molecule has 0 aliphatic heterocycles. The zero-order valence-electron chi connectivity index (χ0n) is 11.0. The standard InChI is InChI=1S/C14H21BrFNO/c1-3-8-17-11(2)13-6-5-12(15)10-14(13)18-9-4-7-16/h5-6,10-11,17H,3-4,7-9H2,1-2H3. The molecule has 102 valence electrons. The summed E-state index contributed by atoms with van der Waals surface area (Å²) in [4.78, 5) is 0. The summed E-state index contributed by atoms with van der Waals surface area (Å²) in [5.74, 6) is 0.828. The van der Waals surface area contributed by atoms with E-state index in [1.54, 1.807) is 0 Å². The van der Waals surface area contributed by atoms with Crippen molar-refractivity contribution in [2.75, 3.05) is 19.8 Å². The van der Waals surface area contributed by atoms with Crippen molar-refractivity contribution in [3.05, 3.63) is 28.2 Å². The summed E-state index contributed by atoms with van der Waals surface area (Å²) in [6, 6.07) is 6.22. The Morgan fingerprint density at radius 3 is 2.89 bits per heavy atom. The molecule has 2 nitrogen and oxygen atoms in total. The van der Waals surface area contributed by atoms with E-state index >= 15 is 0 Å². The van der Waals surface area contributed by atoms with E-state index in [1.807, 2.05) is 18.2 Å². The van der Waals surface area contributed by atoms with Gasteiger partial charge in [-0.3, -0.25) is 4.39 Å². The first-order valence-electron chi connectivity index (χ1n) is 6.40. The minimum Gasteiger partial charge on any atom is -0.493 e. The summed E-state index contributed by atoms with van der Waals surface area (Å²) in [6.07, 6.45) is 1.53. The summed E-state index contributed by atoms with van der Waals surface area (Å²) >= 11 is 3.43. The van der Waals surface area contributed by atoms with Gasteiger partial charge in [-0.2, -0.15) is 0 Å². The molecule has 1 aromatic carbocycles. The Balaban J connectivity index is 2.74. The molecule has 0 saturated heterocycles. The van der Waals surface area contributed by atoms with Crippen LogP contribution >= 0.6 is 15.9 Å². The second kappa shape index (κ2) is 8.48. The highest BCUT2D eigenvalue weighted by atomic mass is 79.9. The van der Waals surface area contributed by atoms with Gasteiger partial charge in [0, 0.05) is 22.5 Å². The molecule has 0 aromatic heterocycles. The maximum atomic E-state index is 12.1. The van der Waals surface area contributed by atoms with E-state index in [0.29, 0.717) is 13.0 Å². The Morgan fingerprint density at radius 2 is 2.22 bits per heavy atom. The third kappa shape index (κ3) is 4.94. The van der Waals surface area contributed by atoms with Gasteiger partial charge in [0.25, 0.3) is 0 Å². The van der Waals surface area contributed by atoms with Crippen molar-refractivity contribution in [1.82, 2.24) is 5.32 Å². The molecule has 0 radical (unpaired) electrons. The molecule has 0 spiro atoms. The summed E-state index contributed by atoms with van der Waals surface area (Å²) in [5, 5.41) is 3.43. The summed E-state index contributed by atoms with van der Waals surface area (Å²) in [5.41, 5.74) is 1.12. The lowest BCUT2D eigenvalue weighted by molar-refractivity contribution is 0.284. The lowest BCUT2D eigenvalue weighted by Crippen LogP contribution is -2.20. The molecule has 0 bridgehead atoms. The molecule has 4 heteroatoms. The van der Waals surface area contributed by atoms with E-state index in [9.17, 15) is 4.39 Å². The summed E-state index contributed by atoms with van der Waals surface area (Å²) < 4.78 is 18.7. The van der Waals surface area contributed by atoms with Gasteiger partial charge in [-0.05, 0) is 32.0 Å². The van der Waals surface area contributed by atoms with Crippen LogP contribution < -0.4 is 10.1 Å². The normalized spacial score (nSPS) is 12.4. The van der Waals surface area contributed by atoms with Gasteiger partial charge in [0.05, 0.1) is 13.3 Å². The molecule has 1 N–H and O–H groups in total. The fraction of sp³-hybridized carbons (Fsp3) is 0.571. The molecule has 1 aromatic rings. The molecular weight excluding hydrogens is 297 g/mol. The van der Waals surface area contributed by atoms with Crippen molar-refractivity contribution >= 4 is 15.9 Å². The Bertz CT molecular complexity index is 360. The van der Waals surface area contributed by atoms with Gasteiger partial charge in [-0.25, -0.2) is 0 Å². The molecule has 0 aliphatic carbocycles. The van der Waals surface area contributed by atoms with Crippen LogP contribution in [0.5, 0.6) is 5.75 Å². The molecule has 0 saturated carbocycles. The van der Waals surface area contributed by atoms with Crippen LogP contribution in [0, 0.1) is 0 Å². The number of ether oxygens (including phenoxy) is 1. The molecule has 1 rings (SSSR count). The van der Waals surface area contributed by atoms with Gasteiger partial charge in [0.15, 0.2) is 0 Å². The van der Waals surface area contributed by atoms with Crippen molar-refractivity contribution in [3.8, 4) is 5.75 Å². The van der Waals surface area contributed by atoms with Crippen LogP contribution in [0.2, 0.25) is 0 Å². The molecular formula is C14H21BrFNO. The number of nitrogens with one attached hydrogen (secondary N) is 1. The molecule has 1 unspecified atom stereocenters. The first kappa shape index (κ1) is 15.4. The average Bonchev–Trinajstić information content (AvgIpc) is 2.36. The fourth-order valence-electron chi connectivity index (χ4n) is 1.70. The van der Waals surface area contributed by atoms with E-state index in [2.05, 4.69) is 35.1 Å². The number of hydrogen-bond acceptors (Lipinski definition) is 2. The van der Waals surface area contributed by atoms with Crippen LogP contribution in [0.3, 0.4) is 0 Å². The third-order valence-electron chi connectivity index (χ3n) is 2.68. The molecule has 18 heavy (non-hydrogen) atoms. The van der Waals surface area contributed by atoms with Crippen LogP contribution in [0.25, 0.3) is 0 Å². The van der Waals surface area contributed by atoms with Crippen molar-refractivity contribution in [2.45, 2.75) is 32.7 Å². The van der Waals surface area contributed by atoms with E-state index < -0.39 is 0 Å². The zero-order valence-corrected chi connectivity index (χ0v) is 12.6. The highest BCUT2D eigenvalue weighted by molar-refractivity contribution is 9.10. The van der Waals surface area contributed by atoms with Gasteiger partial charge in [-0.1, -0.05) is 28.9 Å². The maximum Gasteiger partial charge on any atom is 0.125 e. The van der Waals surface area contributed by atoms with Gasteiger partial charge in [0.1, 0.15) is 5.75 Å². The van der Waals surface area contributed by atoms with Crippen LogP contribution in [0.4, 0.5) is 4.39 Å². The second-order valence-electron chi connectivity index (χ2n) is 4.25. The van der Waals surface area contributed by atoms with Crippen LogP contribution in [0.15, 0.2) is 22.7 Å². The lowest BCUT2D eigenvalue weighted by atomic mass is 10.1. The number of rotatable bonds is 8. The molecule has 0 amide bonds. The molecule has 0 heterocycles. The first-order chi connectivity index (χ1) is 8.69. The van der Waals surface area contributed by atoms with Gasteiger partial charge in [0.2, 0.25) is 0 Å².